The van der Waals surface area contributed by atoms with Crippen molar-refractivity contribution in [2.24, 2.45) is 0 Å². The fourth-order valence-electron chi connectivity index (χ4n) is 1.41. The van der Waals surface area contributed by atoms with Gasteiger partial charge in [0.05, 0.1) is 10.0 Å². The lowest BCUT2D eigenvalue weighted by Crippen LogP contribution is -1.82. The maximum Gasteiger partial charge on any atom is 0.164 e. The Hall–Kier alpha value is -1.25. The van der Waals surface area contributed by atoms with Gasteiger partial charge in [-0.25, -0.2) is 4.39 Å². The number of halogens is 3. The molecule has 0 fully saturated rings. The molecule has 0 radical (unpaired) electrons. The molecule has 0 saturated heterocycles. The van der Waals surface area contributed by atoms with Crippen LogP contribution in [-0.4, -0.2) is 5.11 Å². The average molecular weight is 257 g/mol. The van der Waals surface area contributed by atoms with Crippen LogP contribution in [0.2, 0.25) is 10.0 Å². The van der Waals surface area contributed by atoms with Gasteiger partial charge in [0.1, 0.15) is 0 Å². The first kappa shape index (κ1) is 11.2. The van der Waals surface area contributed by atoms with Crippen molar-refractivity contribution in [3.63, 3.8) is 0 Å². The van der Waals surface area contributed by atoms with Crippen molar-refractivity contribution >= 4 is 23.2 Å². The number of rotatable bonds is 1. The molecule has 16 heavy (non-hydrogen) atoms. The lowest BCUT2D eigenvalue weighted by atomic mass is 10.1. The molecule has 82 valence electrons. The molecule has 2 rings (SSSR count). The second-order valence-corrected chi connectivity index (χ2v) is 4.05. The van der Waals surface area contributed by atoms with E-state index >= 15 is 0 Å². The van der Waals surface area contributed by atoms with Gasteiger partial charge in [0.2, 0.25) is 0 Å². The zero-order chi connectivity index (χ0) is 11.7. The molecule has 0 aromatic heterocycles. The molecular weight excluding hydrogens is 250 g/mol. The van der Waals surface area contributed by atoms with E-state index in [2.05, 4.69) is 0 Å². The van der Waals surface area contributed by atoms with Crippen molar-refractivity contribution in [1.82, 2.24) is 0 Å². The van der Waals surface area contributed by atoms with Gasteiger partial charge in [-0.15, -0.1) is 0 Å². The molecule has 0 saturated carbocycles. The Morgan fingerprint density at radius 1 is 1.06 bits per heavy atom. The Balaban J connectivity index is 2.59. The third-order valence-electron chi connectivity index (χ3n) is 2.21. The van der Waals surface area contributed by atoms with Crippen molar-refractivity contribution in [3.8, 4) is 16.9 Å². The number of hydrogen-bond donors (Lipinski definition) is 1. The molecule has 1 nitrogen and oxygen atoms in total. The summed E-state index contributed by atoms with van der Waals surface area (Å²) in [4.78, 5) is 0. The van der Waals surface area contributed by atoms with E-state index in [0.29, 0.717) is 21.2 Å². The van der Waals surface area contributed by atoms with Gasteiger partial charge in [-0.1, -0.05) is 41.4 Å². The average Bonchev–Trinajstić information content (AvgIpc) is 2.26. The van der Waals surface area contributed by atoms with Gasteiger partial charge in [0, 0.05) is 5.56 Å². The molecule has 4 heteroatoms. The standard InChI is InChI=1S/C12H7Cl2FO/c13-9-3-1-2-8(12(9)14)7-4-5-10(15)11(16)6-7/h1-6,16H. The maximum atomic E-state index is 12.9. The molecule has 0 spiro atoms. The Kier molecular flexibility index (Phi) is 3.03. The van der Waals surface area contributed by atoms with E-state index < -0.39 is 11.6 Å². The summed E-state index contributed by atoms with van der Waals surface area (Å²) < 4.78 is 12.9. The predicted molar refractivity (Wildman–Crippen MR) is 63.5 cm³/mol. The van der Waals surface area contributed by atoms with Crippen LogP contribution in [0.15, 0.2) is 36.4 Å². The third-order valence-corrected chi connectivity index (χ3v) is 3.03. The van der Waals surface area contributed by atoms with E-state index in [1.165, 1.54) is 18.2 Å². The summed E-state index contributed by atoms with van der Waals surface area (Å²) >= 11 is 11.9. The molecule has 2 aromatic carbocycles. The molecule has 0 aliphatic rings. The minimum atomic E-state index is -0.665. The summed E-state index contributed by atoms with van der Waals surface area (Å²) in [6.45, 7) is 0. The lowest BCUT2D eigenvalue weighted by Gasteiger charge is -2.06. The van der Waals surface area contributed by atoms with Gasteiger partial charge in [-0.3, -0.25) is 0 Å². The zero-order valence-electron chi connectivity index (χ0n) is 8.05. The van der Waals surface area contributed by atoms with Crippen LogP contribution >= 0.6 is 23.2 Å². The molecule has 0 amide bonds. The molecule has 0 atom stereocenters. The first-order valence-corrected chi connectivity index (χ1v) is 5.28. The minimum absolute atomic E-state index is 0.384. The molecule has 1 N–H and O–H groups in total. The number of phenolic OH excluding ortho intramolecular Hbond substituents is 1. The Bertz CT molecular complexity index is 541. The van der Waals surface area contributed by atoms with E-state index in [4.69, 9.17) is 23.2 Å². The van der Waals surface area contributed by atoms with E-state index in [-0.39, 0.29) is 0 Å². The molecule has 0 heterocycles. The number of aromatic hydroxyl groups is 1. The minimum Gasteiger partial charge on any atom is -0.505 e. The molecular formula is C12H7Cl2FO. The highest BCUT2D eigenvalue weighted by atomic mass is 35.5. The number of benzene rings is 2. The molecule has 0 unspecified atom stereocenters. The third kappa shape index (κ3) is 1.99. The van der Waals surface area contributed by atoms with Crippen LogP contribution in [-0.2, 0) is 0 Å². The van der Waals surface area contributed by atoms with E-state index in [1.807, 2.05) is 0 Å². The monoisotopic (exact) mass is 256 g/mol. The van der Waals surface area contributed by atoms with Crippen LogP contribution in [0.25, 0.3) is 11.1 Å². The molecule has 2 aromatic rings. The van der Waals surface area contributed by atoms with Gasteiger partial charge >= 0.3 is 0 Å². The van der Waals surface area contributed by atoms with Gasteiger partial charge in [0.15, 0.2) is 11.6 Å². The predicted octanol–water partition coefficient (Wildman–Crippen LogP) is 4.51. The molecule has 0 bridgehead atoms. The highest BCUT2D eigenvalue weighted by molar-refractivity contribution is 6.43. The van der Waals surface area contributed by atoms with E-state index in [1.54, 1.807) is 18.2 Å². The molecule has 0 aliphatic heterocycles. The quantitative estimate of drug-likeness (QED) is 0.797. The smallest absolute Gasteiger partial charge is 0.164 e. The maximum absolute atomic E-state index is 12.9. The summed E-state index contributed by atoms with van der Waals surface area (Å²) in [6, 6.07) is 9.18. The van der Waals surface area contributed by atoms with Gasteiger partial charge in [-0.2, -0.15) is 0 Å². The van der Waals surface area contributed by atoms with Gasteiger partial charge in [-0.05, 0) is 23.8 Å². The Morgan fingerprint density at radius 3 is 2.50 bits per heavy atom. The van der Waals surface area contributed by atoms with Crippen molar-refractivity contribution in [1.29, 1.82) is 0 Å². The lowest BCUT2D eigenvalue weighted by molar-refractivity contribution is 0.433. The van der Waals surface area contributed by atoms with Crippen LogP contribution in [0.1, 0.15) is 0 Å². The summed E-state index contributed by atoms with van der Waals surface area (Å²) in [5.74, 6) is -1.07. The van der Waals surface area contributed by atoms with Crippen LogP contribution in [0.4, 0.5) is 4.39 Å². The zero-order valence-corrected chi connectivity index (χ0v) is 9.56. The number of phenols is 1. The van der Waals surface area contributed by atoms with Crippen molar-refractivity contribution in [3.05, 3.63) is 52.3 Å². The summed E-state index contributed by atoms with van der Waals surface area (Å²) in [5, 5.41) is 10.1. The largest absolute Gasteiger partial charge is 0.505 e. The topological polar surface area (TPSA) is 20.2 Å². The van der Waals surface area contributed by atoms with Crippen molar-refractivity contribution in [2.45, 2.75) is 0 Å². The number of hydrogen-bond acceptors (Lipinski definition) is 1. The fourth-order valence-corrected chi connectivity index (χ4v) is 1.82. The molecule has 0 aliphatic carbocycles. The highest BCUT2D eigenvalue weighted by Crippen LogP contribution is 2.35. The van der Waals surface area contributed by atoms with E-state index in [0.717, 1.165) is 0 Å². The summed E-state index contributed by atoms with van der Waals surface area (Å²) in [6.07, 6.45) is 0. The second-order valence-electron chi connectivity index (χ2n) is 3.27. The van der Waals surface area contributed by atoms with Crippen LogP contribution in [0, 0.1) is 5.82 Å². The van der Waals surface area contributed by atoms with Gasteiger partial charge < -0.3 is 5.11 Å². The SMILES string of the molecule is Oc1cc(-c2cccc(Cl)c2Cl)ccc1F. The van der Waals surface area contributed by atoms with Crippen LogP contribution in [0.3, 0.4) is 0 Å². The Morgan fingerprint density at radius 2 is 1.81 bits per heavy atom. The summed E-state index contributed by atoms with van der Waals surface area (Å²) in [7, 11) is 0. The second kappa shape index (κ2) is 4.32. The first-order valence-electron chi connectivity index (χ1n) is 4.52. The fraction of sp³-hybridized carbons (Fsp3) is 0. The van der Waals surface area contributed by atoms with Crippen molar-refractivity contribution < 1.29 is 9.50 Å². The van der Waals surface area contributed by atoms with Crippen LogP contribution < -0.4 is 0 Å². The van der Waals surface area contributed by atoms with Crippen LogP contribution in [0.5, 0.6) is 5.75 Å². The highest BCUT2D eigenvalue weighted by Gasteiger charge is 2.08. The van der Waals surface area contributed by atoms with E-state index in [9.17, 15) is 9.50 Å². The summed E-state index contributed by atoms with van der Waals surface area (Å²) in [5.41, 5.74) is 1.27. The van der Waals surface area contributed by atoms with Gasteiger partial charge in [0.25, 0.3) is 0 Å². The first-order chi connectivity index (χ1) is 7.59. The normalized spacial score (nSPS) is 10.4. The Labute approximate surface area is 102 Å². The van der Waals surface area contributed by atoms with Crippen molar-refractivity contribution in [2.75, 3.05) is 0 Å².